The lowest BCUT2D eigenvalue weighted by atomic mass is 9.96. The second-order valence-corrected chi connectivity index (χ2v) is 4.82. The summed E-state index contributed by atoms with van der Waals surface area (Å²) in [7, 11) is 0. The molecule has 1 atom stereocenters. The minimum atomic E-state index is -0.0148. The molecule has 3 nitrogen and oxygen atoms in total. The summed E-state index contributed by atoms with van der Waals surface area (Å²) in [5, 5.41) is 0. The molecule has 1 heterocycles. The van der Waals surface area contributed by atoms with Gasteiger partial charge < -0.3 is 0 Å². The maximum Gasteiger partial charge on any atom is 0.0727 e. The van der Waals surface area contributed by atoms with Crippen LogP contribution in [0.15, 0.2) is 36.4 Å². The first-order chi connectivity index (χ1) is 9.15. The van der Waals surface area contributed by atoms with E-state index in [0.717, 1.165) is 28.9 Å². The van der Waals surface area contributed by atoms with Gasteiger partial charge in [-0.25, -0.2) is 5.43 Å². The highest BCUT2D eigenvalue weighted by Gasteiger charge is 2.15. The molecule has 100 valence electrons. The van der Waals surface area contributed by atoms with E-state index in [0.29, 0.717) is 0 Å². The molecule has 1 aromatic carbocycles. The summed E-state index contributed by atoms with van der Waals surface area (Å²) in [6.45, 7) is 6.17. The largest absolute Gasteiger partial charge is 0.271 e. The highest BCUT2D eigenvalue weighted by Crippen LogP contribution is 2.24. The first kappa shape index (κ1) is 13.7. The molecular weight excluding hydrogens is 234 g/mol. The summed E-state index contributed by atoms with van der Waals surface area (Å²) in [5.41, 5.74) is 8.55. The molecule has 0 saturated heterocycles. The van der Waals surface area contributed by atoms with E-state index >= 15 is 0 Å². The number of rotatable bonds is 4. The summed E-state index contributed by atoms with van der Waals surface area (Å²) in [6.07, 6.45) is 1.05. The van der Waals surface area contributed by atoms with Crippen molar-refractivity contribution in [2.75, 3.05) is 0 Å². The average molecular weight is 255 g/mol. The quantitative estimate of drug-likeness (QED) is 0.652. The Morgan fingerprint density at radius 1 is 1.11 bits per heavy atom. The van der Waals surface area contributed by atoms with Gasteiger partial charge in [0.15, 0.2) is 0 Å². The maximum absolute atomic E-state index is 5.74. The van der Waals surface area contributed by atoms with Crippen LogP contribution in [0.25, 0.3) is 0 Å². The summed E-state index contributed by atoms with van der Waals surface area (Å²) in [5.74, 6) is 5.74. The van der Waals surface area contributed by atoms with Crippen molar-refractivity contribution < 1.29 is 0 Å². The molecule has 0 bridgehead atoms. The van der Waals surface area contributed by atoms with E-state index in [1.165, 1.54) is 5.56 Å². The fraction of sp³-hybridized carbons (Fsp3) is 0.312. The number of hydrazine groups is 1. The molecule has 1 aromatic heterocycles. The van der Waals surface area contributed by atoms with E-state index in [-0.39, 0.29) is 6.04 Å². The molecule has 19 heavy (non-hydrogen) atoms. The van der Waals surface area contributed by atoms with Gasteiger partial charge in [-0.15, -0.1) is 0 Å². The normalized spacial score (nSPS) is 12.4. The van der Waals surface area contributed by atoms with E-state index in [1.807, 2.05) is 19.9 Å². The van der Waals surface area contributed by atoms with Crippen LogP contribution in [0.1, 0.15) is 41.0 Å². The van der Waals surface area contributed by atoms with Gasteiger partial charge >= 0.3 is 0 Å². The van der Waals surface area contributed by atoms with Crippen molar-refractivity contribution >= 4 is 0 Å². The van der Waals surface area contributed by atoms with Gasteiger partial charge in [0, 0.05) is 11.4 Å². The van der Waals surface area contributed by atoms with E-state index < -0.39 is 0 Å². The fourth-order valence-corrected chi connectivity index (χ4v) is 2.31. The number of nitrogens with two attached hydrogens (primary N) is 1. The zero-order chi connectivity index (χ0) is 13.8. The highest BCUT2D eigenvalue weighted by molar-refractivity contribution is 5.35. The van der Waals surface area contributed by atoms with E-state index in [2.05, 4.69) is 47.7 Å². The molecule has 0 spiro atoms. The van der Waals surface area contributed by atoms with Gasteiger partial charge in [0.05, 0.1) is 6.04 Å². The van der Waals surface area contributed by atoms with Gasteiger partial charge in [-0.05, 0) is 43.0 Å². The highest BCUT2D eigenvalue weighted by atomic mass is 15.2. The molecule has 3 N–H and O–H groups in total. The van der Waals surface area contributed by atoms with Crippen molar-refractivity contribution in [3.05, 3.63) is 64.5 Å². The van der Waals surface area contributed by atoms with Crippen LogP contribution >= 0.6 is 0 Å². The van der Waals surface area contributed by atoms with Crippen molar-refractivity contribution in [2.24, 2.45) is 5.84 Å². The van der Waals surface area contributed by atoms with Crippen LogP contribution < -0.4 is 11.3 Å². The summed E-state index contributed by atoms with van der Waals surface area (Å²) in [4.78, 5) is 4.51. The Kier molecular flexibility index (Phi) is 4.30. The summed E-state index contributed by atoms with van der Waals surface area (Å²) >= 11 is 0. The zero-order valence-corrected chi connectivity index (χ0v) is 11.8. The smallest absolute Gasteiger partial charge is 0.0727 e. The number of hydrogen-bond acceptors (Lipinski definition) is 3. The van der Waals surface area contributed by atoms with Gasteiger partial charge in [0.2, 0.25) is 0 Å². The van der Waals surface area contributed by atoms with E-state index in [9.17, 15) is 0 Å². The lowest BCUT2D eigenvalue weighted by molar-refractivity contribution is 0.629. The monoisotopic (exact) mass is 255 g/mol. The molecule has 1 unspecified atom stereocenters. The van der Waals surface area contributed by atoms with E-state index in [4.69, 9.17) is 5.84 Å². The number of aromatic nitrogens is 1. The number of hydrogen-bond donors (Lipinski definition) is 2. The number of nitrogens with one attached hydrogen (secondary N) is 1. The summed E-state index contributed by atoms with van der Waals surface area (Å²) < 4.78 is 0. The molecule has 3 heteroatoms. The molecule has 0 aliphatic carbocycles. The minimum Gasteiger partial charge on any atom is -0.271 e. The Morgan fingerprint density at radius 3 is 2.32 bits per heavy atom. The molecule has 0 fully saturated rings. The molecule has 2 rings (SSSR count). The molecule has 0 aliphatic heterocycles. The van der Waals surface area contributed by atoms with Crippen molar-refractivity contribution in [3.8, 4) is 0 Å². The summed E-state index contributed by atoms with van der Waals surface area (Å²) in [6, 6.07) is 12.7. The predicted octanol–water partition coefficient (Wildman–Crippen LogP) is 2.81. The van der Waals surface area contributed by atoms with Crippen LogP contribution in [0.3, 0.4) is 0 Å². The van der Waals surface area contributed by atoms with Crippen LogP contribution in [0.2, 0.25) is 0 Å². The van der Waals surface area contributed by atoms with Gasteiger partial charge in [0.1, 0.15) is 0 Å². The standard InChI is InChI=1S/C16H21N3/c1-4-13-6-8-14(9-7-13)16(19-17)15-10-5-11(2)18-12(15)3/h5-10,16,19H,4,17H2,1-3H3. The first-order valence-electron chi connectivity index (χ1n) is 6.64. The molecule has 0 radical (unpaired) electrons. The van der Waals surface area contributed by atoms with Crippen molar-refractivity contribution in [3.63, 3.8) is 0 Å². The molecule has 0 amide bonds. The van der Waals surface area contributed by atoms with Gasteiger partial charge in [0.25, 0.3) is 0 Å². The molecule has 0 saturated carbocycles. The third kappa shape index (κ3) is 3.00. The van der Waals surface area contributed by atoms with Gasteiger partial charge in [-0.1, -0.05) is 37.3 Å². The third-order valence-electron chi connectivity index (χ3n) is 3.46. The zero-order valence-electron chi connectivity index (χ0n) is 11.8. The lowest BCUT2D eigenvalue weighted by Gasteiger charge is -2.19. The second kappa shape index (κ2) is 5.95. The maximum atomic E-state index is 5.74. The molecular formula is C16H21N3. The fourth-order valence-electron chi connectivity index (χ4n) is 2.31. The van der Waals surface area contributed by atoms with Gasteiger partial charge in [-0.2, -0.15) is 0 Å². The van der Waals surface area contributed by atoms with Crippen molar-refractivity contribution in [2.45, 2.75) is 33.2 Å². The Morgan fingerprint density at radius 2 is 1.79 bits per heavy atom. The number of nitrogens with zero attached hydrogens (tertiary/aromatic N) is 1. The number of pyridine rings is 1. The second-order valence-electron chi connectivity index (χ2n) is 4.82. The number of benzene rings is 1. The van der Waals surface area contributed by atoms with Crippen LogP contribution in [0, 0.1) is 13.8 Å². The Bertz CT molecular complexity index is 546. The Balaban J connectivity index is 2.37. The lowest BCUT2D eigenvalue weighted by Crippen LogP contribution is -2.29. The SMILES string of the molecule is CCc1ccc(C(NN)c2ccc(C)nc2C)cc1. The molecule has 0 aliphatic rings. The van der Waals surface area contributed by atoms with Crippen LogP contribution in [-0.4, -0.2) is 4.98 Å². The van der Waals surface area contributed by atoms with Crippen LogP contribution in [0.4, 0.5) is 0 Å². The van der Waals surface area contributed by atoms with Gasteiger partial charge in [-0.3, -0.25) is 10.8 Å². The molecule has 2 aromatic rings. The first-order valence-corrected chi connectivity index (χ1v) is 6.64. The number of aryl methyl sites for hydroxylation is 3. The predicted molar refractivity (Wildman–Crippen MR) is 78.7 cm³/mol. The van der Waals surface area contributed by atoms with E-state index in [1.54, 1.807) is 0 Å². The Hall–Kier alpha value is -1.71. The van der Waals surface area contributed by atoms with Crippen molar-refractivity contribution in [1.29, 1.82) is 0 Å². The minimum absolute atomic E-state index is 0.0148. The van der Waals surface area contributed by atoms with Crippen LogP contribution in [-0.2, 0) is 6.42 Å². The average Bonchev–Trinajstić information content (AvgIpc) is 2.42. The topological polar surface area (TPSA) is 50.9 Å². The third-order valence-corrected chi connectivity index (χ3v) is 3.46. The van der Waals surface area contributed by atoms with Crippen molar-refractivity contribution in [1.82, 2.24) is 10.4 Å². The van der Waals surface area contributed by atoms with Crippen LogP contribution in [0.5, 0.6) is 0 Å². The Labute approximate surface area is 114 Å².